The first kappa shape index (κ1) is 19.1. The van der Waals surface area contributed by atoms with Gasteiger partial charge >= 0.3 is 5.97 Å². The fourth-order valence-corrected chi connectivity index (χ4v) is 3.89. The number of benzene rings is 3. The van der Waals surface area contributed by atoms with Gasteiger partial charge in [0.15, 0.2) is 0 Å². The van der Waals surface area contributed by atoms with Crippen LogP contribution in [0.25, 0.3) is 10.8 Å². The topological polar surface area (TPSA) is 63.7 Å². The number of fused-ring (bicyclic) bond motifs is 1. The van der Waals surface area contributed by atoms with Gasteiger partial charge in [-0.15, -0.1) is 0 Å². The van der Waals surface area contributed by atoms with Crippen LogP contribution < -0.4 is 0 Å². The minimum Gasteiger partial charge on any atom is -0.460 e. The third-order valence-corrected chi connectivity index (χ3v) is 6.17. The van der Waals surface area contributed by atoms with Crippen LogP contribution in [0.1, 0.15) is 11.1 Å². The lowest BCUT2D eigenvalue weighted by atomic mass is 10.1. The number of likely N-dealkylation sites (N-methyl/N-ethyl adjacent to an activating group) is 1. The lowest BCUT2D eigenvalue weighted by molar-refractivity contribution is -0.144. The molecule has 0 radical (unpaired) electrons. The smallest absolute Gasteiger partial charge is 0.321 e. The number of carbonyl (C=O) groups is 1. The van der Waals surface area contributed by atoms with E-state index in [-0.39, 0.29) is 18.0 Å². The maximum Gasteiger partial charge on any atom is 0.321 e. The monoisotopic (exact) mass is 383 g/mol. The molecule has 0 amide bonds. The van der Waals surface area contributed by atoms with Crippen molar-refractivity contribution in [3.63, 3.8) is 0 Å². The number of ether oxygens (including phenoxy) is 1. The molecule has 0 aliphatic heterocycles. The molecule has 0 unspecified atom stereocenters. The Balaban J connectivity index is 1.65. The highest BCUT2D eigenvalue weighted by Gasteiger charge is 2.23. The van der Waals surface area contributed by atoms with Gasteiger partial charge in [0.2, 0.25) is 10.0 Å². The Morgan fingerprint density at radius 2 is 1.63 bits per heavy atom. The Labute approximate surface area is 159 Å². The van der Waals surface area contributed by atoms with E-state index in [2.05, 4.69) is 0 Å². The van der Waals surface area contributed by atoms with Crippen LogP contribution in [0.3, 0.4) is 0 Å². The minimum absolute atomic E-state index is 0.0958. The standard InChI is InChI=1S/C21H21NO4S/c1-16-10-12-19(13-11-16)27(24,25)22(2)14-21(23)26-15-18-8-5-7-17-6-3-4-9-20(17)18/h3-13H,14-15H2,1-2H3. The van der Waals surface area contributed by atoms with Gasteiger partial charge in [-0.05, 0) is 35.4 Å². The Morgan fingerprint density at radius 1 is 0.963 bits per heavy atom. The van der Waals surface area contributed by atoms with Crippen LogP contribution in [-0.4, -0.2) is 32.3 Å². The Morgan fingerprint density at radius 3 is 2.37 bits per heavy atom. The van der Waals surface area contributed by atoms with E-state index in [9.17, 15) is 13.2 Å². The number of sulfonamides is 1. The molecule has 0 atom stereocenters. The summed E-state index contributed by atoms with van der Waals surface area (Å²) in [7, 11) is -2.37. The average Bonchev–Trinajstić information content (AvgIpc) is 2.66. The van der Waals surface area contributed by atoms with Crippen molar-refractivity contribution in [3.05, 3.63) is 77.9 Å². The molecule has 0 heterocycles. The first-order valence-electron chi connectivity index (χ1n) is 8.53. The van der Waals surface area contributed by atoms with Gasteiger partial charge in [0.1, 0.15) is 13.2 Å². The van der Waals surface area contributed by atoms with Crippen LogP contribution in [-0.2, 0) is 26.2 Å². The number of aryl methyl sites for hydroxylation is 1. The van der Waals surface area contributed by atoms with Crippen molar-refractivity contribution in [3.8, 4) is 0 Å². The van der Waals surface area contributed by atoms with Gasteiger partial charge in [-0.1, -0.05) is 60.2 Å². The number of hydrogen-bond donors (Lipinski definition) is 0. The molecule has 5 nitrogen and oxygen atoms in total. The molecule has 3 rings (SSSR count). The van der Waals surface area contributed by atoms with Gasteiger partial charge in [-0.25, -0.2) is 8.42 Å². The minimum atomic E-state index is -3.74. The fourth-order valence-electron chi connectivity index (χ4n) is 2.78. The van der Waals surface area contributed by atoms with Crippen LogP contribution in [0.15, 0.2) is 71.6 Å². The summed E-state index contributed by atoms with van der Waals surface area (Å²) in [5.74, 6) is -0.596. The van der Waals surface area contributed by atoms with Crippen LogP contribution in [0, 0.1) is 6.92 Å². The maximum atomic E-state index is 12.5. The molecule has 0 aromatic heterocycles. The van der Waals surface area contributed by atoms with Crippen molar-refractivity contribution in [2.75, 3.05) is 13.6 Å². The molecule has 3 aromatic carbocycles. The first-order valence-corrected chi connectivity index (χ1v) is 9.97. The predicted molar refractivity (Wildman–Crippen MR) is 105 cm³/mol. The van der Waals surface area contributed by atoms with E-state index >= 15 is 0 Å². The van der Waals surface area contributed by atoms with Crippen molar-refractivity contribution >= 4 is 26.8 Å². The van der Waals surface area contributed by atoms with E-state index in [4.69, 9.17) is 4.74 Å². The molecular formula is C21H21NO4S. The Bertz CT molecular complexity index is 1050. The van der Waals surface area contributed by atoms with Crippen molar-refractivity contribution < 1.29 is 17.9 Å². The number of carbonyl (C=O) groups excluding carboxylic acids is 1. The summed E-state index contributed by atoms with van der Waals surface area (Å²) in [6, 6.07) is 20.1. The molecule has 0 bridgehead atoms. The second kappa shape index (κ2) is 7.90. The summed E-state index contributed by atoms with van der Waals surface area (Å²) in [5.41, 5.74) is 1.84. The highest BCUT2D eigenvalue weighted by molar-refractivity contribution is 7.89. The SMILES string of the molecule is Cc1ccc(S(=O)(=O)N(C)CC(=O)OCc2cccc3ccccc23)cc1. The van der Waals surface area contributed by atoms with Gasteiger partial charge < -0.3 is 4.74 Å². The highest BCUT2D eigenvalue weighted by atomic mass is 32.2. The van der Waals surface area contributed by atoms with Gasteiger partial charge in [0.05, 0.1) is 4.90 Å². The Hall–Kier alpha value is -2.70. The molecule has 140 valence electrons. The van der Waals surface area contributed by atoms with E-state index in [1.165, 1.54) is 19.2 Å². The molecule has 0 saturated heterocycles. The molecule has 27 heavy (non-hydrogen) atoms. The third-order valence-electron chi connectivity index (χ3n) is 4.35. The van der Waals surface area contributed by atoms with Gasteiger partial charge in [0, 0.05) is 7.05 Å². The lowest BCUT2D eigenvalue weighted by Gasteiger charge is -2.17. The third kappa shape index (κ3) is 4.35. The molecule has 0 aliphatic rings. The van der Waals surface area contributed by atoms with Crippen LogP contribution in [0.5, 0.6) is 0 Å². The Kier molecular flexibility index (Phi) is 5.58. The van der Waals surface area contributed by atoms with Crippen LogP contribution in [0.2, 0.25) is 0 Å². The van der Waals surface area contributed by atoms with Crippen molar-refractivity contribution in [1.82, 2.24) is 4.31 Å². The van der Waals surface area contributed by atoms with Crippen molar-refractivity contribution in [2.24, 2.45) is 0 Å². The van der Waals surface area contributed by atoms with E-state index < -0.39 is 16.0 Å². The molecule has 0 saturated carbocycles. The van der Waals surface area contributed by atoms with Gasteiger partial charge in [0.25, 0.3) is 0 Å². The summed E-state index contributed by atoms with van der Waals surface area (Å²) in [4.78, 5) is 12.3. The van der Waals surface area contributed by atoms with Gasteiger partial charge in [-0.2, -0.15) is 4.31 Å². The summed E-state index contributed by atoms with van der Waals surface area (Å²) in [6.45, 7) is 1.63. The van der Waals surface area contributed by atoms with Crippen LogP contribution >= 0.6 is 0 Å². The first-order chi connectivity index (χ1) is 12.9. The normalized spacial score (nSPS) is 11.7. The number of rotatable bonds is 6. The molecule has 3 aromatic rings. The second-order valence-corrected chi connectivity index (χ2v) is 8.42. The number of hydrogen-bond acceptors (Lipinski definition) is 4. The largest absolute Gasteiger partial charge is 0.460 e. The van der Waals surface area contributed by atoms with Crippen molar-refractivity contribution in [1.29, 1.82) is 0 Å². The zero-order valence-electron chi connectivity index (χ0n) is 15.3. The summed E-state index contributed by atoms with van der Waals surface area (Å²) in [5, 5.41) is 2.07. The maximum absolute atomic E-state index is 12.5. The lowest BCUT2D eigenvalue weighted by Crippen LogP contribution is -2.33. The molecular weight excluding hydrogens is 362 g/mol. The zero-order chi connectivity index (χ0) is 19.4. The average molecular weight is 383 g/mol. The fraction of sp³-hybridized carbons (Fsp3) is 0.190. The summed E-state index contributed by atoms with van der Waals surface area (Å²) in [6.07, 6.45) is 0. The van der Waals surface area contributed by atoms with Gasteiger partial charge in [-0.3, -0.25) is 4.79 Å². The molecule has 6 heteroatoms. The van der Waals surface area contributed by atoms with E-state index in [0.717, 1.165) is 26.2 Å². The van der Waals surface area contributed by atoms with E-state index in [1.54, 1.807) is 12.1 Å². The molecule has 0 spiro atoms. The second-order valence-electron chi connectivity index (χ2n) is 6.37. The molecule has 0 fully saturated rings. The highest BCUT2D eigenvalue weighted by Crippen LogP contribution is 2.19. The predicted octanol–water partition coefficient (Wildman–Crippen LogP) is 3.51. The molecule has 0 N–H and O–H groups in total. The summed E-state index contributed by atoms with van der Waals surface area (Å²) < 4.78 is 31.4. The quantitative estimate of drug-likeness (QED) is 0.611. The zero-order valence-corrected chi connectivity index (χ0v) is 16.1. The molecule has 0 aliphatic carbocycles. The van der Waals surface area contributed by atoms with E-state index in [1.807, 2.05) is 49.4 Å². The van der Waals surface area contributed by atoms with Crippen LogP contribution in [0.4, 0.5) is 0 Å². The van der Waals surface area contributed by atoms with E-state index in [0.29, 0.717) is 0 Å². The number of nitrogens with zero attached hydrogens (tertiary/aromatic N) is 1. The summed E-state index contributed by atoms with van der Waals surface area (Å²) >= 11 is 0. The number of esters is 1. The van der Waals surface area contributed by atoms with Crippen molar-refractivity contribution in [2.45, 2.75) is 18.4 Å².